The van der Waals surface area contributed by atoms with Gasteiger partial charge in [-0.3, -0.25) is 4.98 Å². The molecule has 0 amide bonds. The molecule has 0 aliphatic heterocycles. The molecule has 0 radical (unpaired) electrons. The Bertz CT molecular complexity index is 980. The molecule has 0 saturated heterocycles. The first-order chi connectivity index (χ1) is 12.3. The molecule has 0 saturated carbocycles. The van der Waals surface area contributed by atoms with E-state index in [1.807, 2.05) is 67.1 Å². The van der Waals surface area contributed by atoms with E-state index in [9.17, 15) is 0 Å². The Balaban J connectivity index is 1.49. The third kappa shape index (κ3) is 3.61. The van der Waals surface area contributed by atoms with Gasteiger partial charge in [0.05, 0.1) is 5.69 Å². The molecule has 25 heavy (non-hydrogen) atoms. The third-order valence-electron chi connectivity index (χ3n) is 3.93. The van der Waals surface area contributed by atoms with E-state index in [-0.39, 0.29) is 0 Å². The lowest BCUT2D eigenvalue weighted by Gasteiger charge is -2.05. The van der Waals surface area contributed by atoms with Crippen LogP contribution in [0.2, 0.25) is 5.02 Å². The maximum Gasteiger partial charge on any atom is 0.157 e. The molecule has 3 heterocycles. The molecule has 0 aliphatic carbocycles. The van der Waals surface area contributed by atoms with Crippen LogP contribution in [-0.4, -0.2) is 26.1 Å². The zero-order chi connectivity index (χ0) is 17.1. The number of fused-ring (bicyclic) bond motifs is 1. The lowest BCUT2D eigenvalue weighted by atomic mass is 10.2. The molecule has 5 nitrogen and oxygen atoms in total. The average Bonchev–Trinajstić information content (AvgIpc) is 3.06. The number of hydrogen-bond donors (Lipinski definition) is 1. The Hall–Kier alpha value is -2.92. The van der Waals surface area contributed by atoms with Gasteiger partial charge in [0.15, 0.2) is 5.65 Å². The highest BCUT2D eigenvalue weighted by Crippen LogP contribution is 2.21. The number of hydrogen-bond acceptors (Lipinski definition) is 4. The Morgan fingerprint density at radius 3 is 2.60 bits per heavy atom. The van der Waals surface area contributed by atoms with Crippen molar-refractivity contribution >= 4 is 23.1 Å². The fourth-order valence-corrected chi connectivity index (χ4v) is 2.75. The van der Waals surface area contributed by atoms with Gasteiger partial charge in [0.25, 0.3) is 0 Å². The fraction of sp³-hybridized carbons (Fsp3) is 0.105. The van der Waals surface area contributed by atoms with Crippen LogP contribution in [0.1, 0.15) is 5.56 Å². The van der Waals surface area contributed by atoms with Crippen molar-refractivity contribution in [1.29, 1.82) is 0 Å². The van der Waals surface area contributed by atoms with Crippen LogP contribution in [0.5, 0.6) is 0 Å². The summed E-state index contributed by atoms with van der Waals surface area (Å²) in [5, 5.41) is 8.62. The van der Waals surface area contributed by atoms with E-state index in [0.29, 0.717) is 5.02 Å². The van der Waals surface area contributed by atoms with Crippen LogP contribution < -0.4 is 5.32 Å². The van der Waals surface area contributed by atoms with Crippen molar-refractivity contribution in [1.82, 2.24) is 19.6 Å². The largest absolute Gasteiger partial charge is 0.370 e. The molecule has 0 bridgehead atoms. The van der Waals surface area contributed by atoms with Crippen molar-refractivity contribution in [3.05, 3.63) is 77.7 Å². The predicted molar refractivity (Wildman–Crippen MR) is 99.9 cm³/mol. The fourth-order valence-electron chi connectivity index (χ4n) is 2.62. The highest BCUT2D eigenvalue weighted by molar-refractivity contribution is 6.30. The lowest BCUT2D eigenvalue weighted by Crippen LogP contribution is -2.07. The second-order valence-electron chi connectivity index (χ2n) is 5.68. The first kappa shape index (κ1) is 15.6. The quantitative estimate of drug-likeness (QED) is 0.589. The highest BCUT2D eigenvalue weighted by atomic mass is 35.5. The normalized spacial score (nSPS) is 10.9. The van der Waals surface area contributed by atoms with Gasteiger partial charge in [0.2, 0.25) is 0 Å². The Labute approximate surface area is 150 Å². The second-order valence-corrected chi connectivity index (χ2v) is 6.12. The summed E-state index contributed by atoms with van der Waals surface area (Å²) >= 11 is 5.94. The second kappa shape index (κ2) is 6.91. The van der Waals surface area contributed by atoms with Crippen molar-refractivity contribution in [2.24, 2.45) is 0 Å². The first-order valence-electron chi connectivity index (χ1n) is 8.03. The molecule has 1 aromatic carbocycles. The van der Waals surface area contributed by atoms with Crippen molar-refractivity contribution < 1.29 is 0 Å². The van der Waals surface area contributed by atoms with Gasteiger partial charge >= 0.3 is 0 Å². The summed E-state index contributed by atoms with van der Waals surface area (Å²) < 4.78 is 1.78. The van der Waals surface area contributed by atoms with Crippen LogP contribution in [0, 0.1) is 0 Å². The van der Waals surface area contributed by atoms with Gasteiger partial charge in [0.1, 0.15) is 5.82 Å². The van der Waals surface area contributed by atoms with E-state index < -0.39 is 0 Å². The Morgan fingerprint density at radius 1 is 1.00 bits per heavy atom. The highest BCUT2D eigenvalue weighted by Gasteiger charge is 2.06. The molecule has 0 spiro atoms. The predicted octanol–water partition coefficient (Wildman–Crippen LogP) is 4.10. The number of nitrogens with one attached hydrogen (secondary N) is 1. The van der Waals surface area contributed by atoms with Crippen LogP contribution in [0.3, 0.4) is 0 Å². The maximum absolute atomic E-state index is 5.94. The van der Waals surface area contributed by atoms with Gasteiger partial charge in [-0.2, -0.15) is 5.10 Å². The van der Waals surface area contributed by atoms with Crippen LogP contribution in [-0.2, 0) is 6.42 Å². The molecule has 6 heteroatoms. The minimum absolute atomic E-state index is 0.714. The van der Waals surface area contributed by atoms with E-state index >= 15 is 0 Å². The number of pyridine rings is 1. The Kier molecular flexibility index (Phi) is 4.31. The van der Waals surface area contributed by atoms with Crippen LogP contribution in [0.25, 0.3) is 16.9 Å². The summed E-state index contributed by atoms with van der Waals surface area (Å²) in [5.41, 5.74) is 3.94. The van der Waals surface area contributed by atoms with E-state index in [4.69, 9.17) is 11.6 Å². The average molecular weight is 350 g/mol. The molecular weight excluding hydrogens is 334 g/mol. The number of aromatic nitrogens is 4. The van der Waals surface area contributed by atoms with Gasteiger partial charge in [0, 0.05) is 41.8 Å². The van der Waals surface area contributed by atoms with Gasteiger partial charge < -0.3 is 5.32 Å². The van der Waals surface area contributed by atoms with Crippen LogP contribution >= 0.6 is 11.6 Å². The van der Waals surface area contributed by atoms with Crippen molar-refractivity contribution in [2.75, 3.05) is 11.9 Å². The van der Waals surface area contributed by atoms with Crippen molar-refractivity contribution in [2.45, 2.75) is 6.42 Å². The van der Waals surface area contributed by atoms with E-state index in [1.165, 1.54) is 5.56 Å². The van der Waals surface area contributed by atoms with Gasteiger partial charge in [-0.05, 0) is 42.3 Å². The number of benzene rings is 1. The lowest BCUT2D eigenvalue weighted by molar-refractivity contribution is 0.935. The zero-order valence-corrected chi connectivity index (χ0v) is 14.2. The Morgan fingerprint density at radius 2 is 1.80 bits per heavy atom. The molecule has 4 rings (SSSR count). The summed E-state index contributed by atoms with van der Waals surface area (Å²) in [7, 11) is 0. The monoisotopic (exact) mass is 349 g/mol. The molecule has 0 atom stereocenters. The molecule has 4 aromatic rings. The summed E-state index contributed by atoms with van der Waals surface area (Å²) in [6.07, 6.45) is 6.45. The van der Waals surface area contributed by atoms with E-state index in [2.05, 4.69) is 20.4 Å². The zero-order valence-electron chi connectivity index (χ0n) is 13.4. The SMILES string of the molecule is Clc1ccc(-c2cc3nc(NCCc4ccncc4)ccn3n2)cc1. The van der Waals surface area contributed by atoms with Crippen molar-refractivity contribution in [3.8, 4) is 11.3 Å². The van der Waals surface area contributed by atoms with Gasteiger partial charge in [-0.1, -0.05) is 23.7 Å². The summed E-state index contributed by atoms with van der Waals surface area (Å²) in [4.78, 5) is 8.65. The maximum atomic E-state index is 5.94. The molecule has 0 aliphatic rings. The minimum atomic E-state index is 0.714. The number of halogens is 1. The topological polar surface area (TPSA) is 55.1 Å². The van der Waals surface area contributed by atoms with E-state index in [0.717, 1.165) is 35.7 Å². The molecule has 1 N–H and O–H groups in total. The molecule has 0 unspecified atom stereocenters. The smallest absolute Gasteiger partial charge is 0.157 e. The summed E-state index contributed by atoms with van der Waals surface area (Å²) in [6.45, 7) is 0.811. The number of anilines is 1. The van der Waals surface area contributed by atoms with Crippen molar-refractivity contribution in [3.63, 3.8) is 0 Å². The van der Waals surface area contributed by atoms with Crippen LogP contribution in [0.4, 0.5) is 5.82 Å². The number of nitrogens with zero attached hydrogens (tertiary/aromatic N) is 4. The van der Waals surface area contributed by atoms with Gasteiger partial charge in [-0.25, -0.2) is 9.50 Å². The third-order valence-corrected chi connectivity index (χ3v) is 4.19. The molecule has 0 fully saturated rings. The standard InChI is InChI=1S/C19H16ClN5/c20-16-3-1-15(2-4-16)17-13-19-23-18(8-12-25(19)24-17)22-11-7-14-5-9-21-10-6-14/h1-6,8-10,12-13H,7,11H2,(H,22,23). The molecular formula is C19H16ClN5. The van der Waals surface area contributed by atoms with E-state index in [1.54, 1.807) is 4.52 Å². The molecule has 3 aromatic heterocycles. The number of rotatable bonds is 5. The van der Waals surface area contributed by atoms with Crippen LogP contribution in [0.15, 0.2) is 67.1 Å². The van der Waals surface area contributed by atoms with Gasteiger partial charge in [-0.15, -0.1) is 0 Å². The first-order valence-corrected chi connectivity index (χ1v) is 8.41. The molecule has 124 valence electrons. The minimum Gasteiger partial charge on any atom is -0.370 e. The summed E-state index contributed by atoms with van der Waals surface area (Å²) in [6, 6.07) is 15.6. The summed E-state index contributed by atoms with van der Waals surface area (Å²) in [5.74, 6) is 0.837.